The van der Waals surface area contributed by atoms with Gasteiger partial charge < -0.3 is 10.0 Å². The van der Waals surface area contributed by atoms with Gasteiger partial charge in [0.2, 0.25) is 0 Å². The van der Waals surface area contributed by atoms with E-state index in [4.69, 9.17) is 5.11 Å². The molecule has 1 aliphatic heterocycles. The summed E-state index contributed by atoms with van der Waals surface area (Å²) < 4.78 is 1.94. The van der Waals surface area contributed by atoms with Crippen LogP contribution in [0.2, 0.25) is 0 Å². The Morgan fingerprint density at radius 1 is 1.17 bits per heavy atom. The van der Waals surface area contributed by atoms with Crippen LogP contribution in [0.1, 0.15) is 74.3 Å². The lowest BCUT2D eigenvalue weighted by atomic mass is 9.97. The smallest absolute Gasteiger partial charge is 0.303 e. The first-order chi connectivity index (χ1) is 11.1. The highest BCUT2D eigenvalue weighted by Gasteiger charge is 2.29. The molecule has 1 N–H and O–H groups in total. The Balaban J connectivity index is 1.68. The minimum Gasteiger partial charge on any atom is -0.481 e. The number of carboxylic acid groups (broad SMARTS) is 1. The van der Waals surface area contributed by atoms with Crippen molar-refractivity contribution in [2.45, 2.75) is 69.9 Å². The standard InChI is InChI=1S/C17H25N3O3/c21-16(22)9-8-13-5-3-4-11-19(13)17(23)15-10-12-20(18-15)14-6-1-2-7-14/h10,12-14H,1-9,11H2,(H,21,22)/t13-/m1/s1. The van der Waals surface area contributed by atoms with E-state index in [1.54, 1.807) is 0 Å². The monoisotopic (exact) mass is 319 g/mol. The van der Waals surface area contributed by atoms with Gasteiger partial charge in [-0.15, -0.1) is 0 Å². The molecule has 1 amide bonds. The molecule has 0 aromatic carbocycles. The second-order valence-electron chi connectivity index (χ2n) is 6.70. The van der Waals surface area contributed by atoms with Gasteiger partial charge in [-0.1, -0.05) is 12.8 Å². The number of nitrogens with zero attached hydrogens (tertiary/aromatic N) is 3. The van der Waals surface area contributed by atoms with Crippen LogP contribution >= 0.6 is 0 Å². The topological polar surface area (TPSA) is 75.4 Å². The summed E-state index contributed by atoms with van der Waals surface area (Å²) in [6.45, 7) is 0.708. The third kappa shape index (κ3) is 3.74. The first-order valence-electron chi connectivity index (χ1n) is 8.73. The summed E-state index contributed by atoms with van der Waals surface area (Å²) in [5.41, 5.74) is 0.499. The van der Waals surface area contributed by atoms with E-state index in [-0.39, 0.29) is 18.4 Å². The van der Waals surface area contributed by atoms with Crippen LogP contribution in [0.25, 0.3) is 0 Å². The van der Waals surface area contributed by atoms with Gasteiger partial charge in [0.1, 0.15) is 5.69 Å². The molecule has 126 valence electrons. The van der Waals surface area contributed by atoms with Crippen molar-refractivity contribution in [3.05, 3.63) is 18.0 Å². The van der Waals surface area contributed by atoms with Gasteiger partial charge in [0, 0.05) is 25.2 Å². The Morgan fingerprint density at radius 2 is 1.91 bits per heavy atom. The van der Waals surface area contributed by atoms with Gasteiger partial charge in [0.05, 0.1) is 6.04 Å². The molecule has 2 aliphatic rings. The number of piperidine rings is 1. The summed E-state index contributed by atoms with van der Waals surface area (Å²) in [6, 6.07) is 2.27. The number of aliphatic carboxylic acids is 1. The van der Waals surface area contributed by atoms with Gasteiger partial charge in [0.15, 0.2) is 0 Å². The number of hydrogen-bond acceptors (Lipinski definition) is 3. The first kappa shape index (κ1) is 16.0. The summed E-state index contributed by atoms with van der Waals surface area (Å²) in [5, 5.41) is 13.4. The number of carbonyl (C=O) groups excluding carboxylic acids is 1. The fourth-order valence-electron chi connectivity index (χ4n) is 3.83. The van der Waals surface area contributed by atoms with Crippen LogP contribution in [0, 0.1) is 0 Å². The molecule has 1 saturated carbocycles. The van der Waals surface area contributed by atoms with E-state index in [1.807, 2.05) is 21.8 Å². The molecule has 1 aliphatic carbocycles. The van der Waals surface area contributed by atoms with Crippen LogP contribution in [-0.2, 0) is 4.79 Å². The summed E-state index contributed by atoms with van der Waals surface area (Å²) in [5.74, 6) is -0.842. The minimum absolute atomic E-state index is 0.0315. The van der Waals surface area contributed by atoms with Gasteiger partial charge in [-0.2, -0.15) is 5.10 Å². The fraction of sp³-hybridized carbons (Fsp3) is 0.706. The number of rotatable bonds is 5. The van der Waals surface area contributed by atoms with Crippen LogP contribution in [0.3, 0.4) is 0 Å². The lowest BCUT2D eigenvalue weighted by molar-refractivity contribution is -0.137. The number of carbonyl (C=O) groups is 2. The van der Waals surface area contributed by atoms with Crippen molar-refractivity contribution >= 4 is 11.9 Å². The van der Waals surface area contributed by atoms with Gasteiger partial charge >= 0.3 is 5.97 Å². The Morgan fingerprint density at radius 3 is 2.65 bits per heavy atom. The number of likely N-dealkylation sites (tertiary alicyclic amines) is 1. The maximum Gasteiger partial charge on any atom is 0.303 e. The Hall–Kier alpha value is -1.85. The lowest BCUT2D eigenvalue weighted by Crippen LogP contribution is -2.44. The highest BCUT2D eigenvalue weighted by atomic mass is 16.4. The van der Waals surface area contributed by atoms with Crippen molar-refractivity contribution in [2.24, 2.45) is 0 Å². The molecule has 1 aromatic heterocycles. The van der Waals surface area contributed by atoms with Crippen LogP contribution in [0.5, 0.6) is 0 Å². The van der Waals surface area contributed by atoms with Crippen LogP contribution in [-0.4, -0.2) is 44.3 Å². The van der Waals surface area contributed by atoms with Crippen LogP contribution < -0.4 is 0 Å². The summed E-state index contributed by atoms with van der Waals surface area (Å²) in [6.07, 6.45) is 10.2. The molecule has 23 heavy (non-hydrogen) atoms. The summed E-state index contributed by atoms with van der Waals surface area (Å²) in [7, 11) is 0. The largest absolute Gasteiger partial charge is 0.481 e. The highest BCUT2D eigenvalue weighted by Crippen LogP contribution is 2.29. The predicted octanol–water partition coefficient (Wildman–Crippen LogP) is 2.86. The Labute approximate surface area is 136 Å². The van der Waals surface area contributed by atoms with Crippen molar-refractivity contribution in [1.82, 2.24) is 14.7 Å². The van der Waals surface area contributed by atoms with Gasteiger partial charge in [-0.25, -0.2) is 0 Å². The zero-order valence-corrected chi connectivity index (χ0v) is 13.5. The van der Waals surface area contributed by atoms with E-state index in [9.17, 15) is 9.59 Å². The molecular weight excluding hydrogens is 294 g/mol. The first-order valence-corrected chi connectivity index (χ1v) is 8.73. The maximum atomic E-state index is 12.8. The van der Waals surface area contributed by atoms with Crippen LogP contribution in [0.15, 0.2) is 12.3 Å². The van der Waals surface area contributed by atoms with Crippen molar-refractivity contribution in [3.63, 3.8) is 0 Å². The molecule has 0 spiro atoms. The summed E-state index contributed by atoms with van der Waals surface area (Å²) in [4.78, 5) is 25.4. The molecule has 2 fully saturated rings. The average molecular weight is 319 g/mol. The minimum atomic E-state index is -0.798. The second kappa shape index (κ2) is 7.15. The molecule has 0 radical (unpaired) electrons. The molecule has 1 aromatic rings. The van der Waals surface area contributed by atoms with E-state index < -0.39 is 5.97 Å². The Bertz CT molecular complexity index is 563. The van der Waals surface area contributed by atoms with Gasteiger partial charge in [0.25, 0.3) is 5.91 Å². The number of amides is 1. The van der Waals surface area contributed by atoms with E-state index in [1.165, 1.54) is 12.8 Å². The normalized spacial score (nSPS) is 22.4. The molecule has 2 heterocycles. The predicted molar refractivity (Wildman–Crippen MR) is 85.3 cm³/mol. The molecule has 0 unspecified atom stereocenters. The van der Waals surface area contributed by atoms with E-state index in [0.29, 0.717) is 24.7 Å². The third-order valence-electron chi connectivity index (χ3n) is 5.11. The van der Waals surface area contributed by atoms with Crippen molar-refractivity contribution < 1.29 is 14.7 Å². The van der Waals surface area contributed by atoms with E-state index in [2.05, 4.69) is 5.10 Å². The van der Waals surface area contributed by atoms with Crippen molar-refractivity contribution in [1.29, 1.82) is 0 Å². The van der Waals surface area contributed by atoms with Gasteiger partial charge in [-0.05, 0) is 44.6 Å². The van der Waals surface area contributed by atoms with E-state index >= 15 is 0 Å². The third-order valence-corrected chi connectivity index (χ3v) is 5.11. The fourth-order valence-corrected chi connectivity index (χ4v) is 3.83. The van der Waals surface area contributed by atoms with Crippen molar-refractivity contribution in [3.8, 4) is 0 Å². The Kier molecular flexibility index (Phi) is 4.98. The molecule has 0 bridgehead atoms. The zero-order chi connectivity index (χ0) is 16.2. The highest BCUT2D eigenvalue weighted by molar-refractivity contribution is 5.92. The maximum absolute atomic E-state index is 12.8. The molecule has 6 heteroatoms. The molecule has 3 rings (SSSR count). The lowest BCUT2D eigenvalue weighted by Gasteiger charge is -2.35. The quantitative estimate of drug-likeness (QED) is 0.905. The number of hydrogen-bond donors (Lipinski definition) is 1. The SMILES string of the molecule is O=C(O)CC[C@H]1CCCCN1C(=O)c1ccn(C2CCCC2)n1. The molecule has 6 nitrogen and oxygen atoms in total. The molecular formula is C17H25N3O3. The number of aromatic nitrogens is 2. The van der Waals surface area contributed by atoms with Crippen molar-refractivity contribution in [2.75, 3.05) is 6.54 Å². The molecule has 1 saturated heterocycles. The number of carboxylic acids is 1. The molecule has 1 atom stereocenters. The second-order valence-corrected chi connectivity index (χ2v) is 6.70. The average Bonchev–Trinajstić information content (AvgIpc) is 3.23. The van der Waals surface area contributed by atoms with Crippen LogP contribution in [0.4, 0.5) is 0 Å². The van der Waals surface area contributed by atoms with E-state index in [0.717, 1.165) is 32.1 Å². The summed E-state index contributed by atoms with van der Waals surface area (Å²) >= 11 is 0. The van der Waals surface area contributed by atoms with Gasteiger partial charge in [-0.3, -0.25) is 14.3 Å². The zero-order valence-electron chi connectivity index (χ0n) is 13.5.